The third-order valence-corrected chi connectivity index (χ3v) is 4.74. The van der Waals surface area contributed by atoms with Crippen molar-refractivity contribution < 1.29 is 9.66 Å². The van der Waals surface area contributed by atoms with Gasteiger partial charge in [0.25, 0.3) is 5.69 Å². The molecule has 0 radical (unpaired) electrons. The minimum atomic E-state index is -0.358. The summed E-state index contributed by atoms with van der Waals surface area (Å²) < 4.78 is 5.97. The minimum absolute atomic E-state index is 0. The Labute approximate surface area is 182 Å². The van der Waals surface area contributed by atoms with Crippen LogP contribution in [0.3, 0.4) is 0 Å². The Hall–Kier alpha value is -2.20. The first-order valence-corrected chi connectivity index (χ1v) is 8.95. The van der Waals surface area contributed by atoms with E-state index >= 15 is 0 Å². The molecule has 0 aromatic heterocycles. The van der Waals surface area contributed by atoms with Crippen molar-refractivity contribution in [2.24, 2.45) is 4.99 Å². The number of guanidine groups is 1. The number of hydrogen-bond donors (Lipinski definition) is 1. The molecule has 1 aliphatic heterocycles. The molecule has 0 aliphatic carbocycles. The molecule has 1 heterocycles. The van der Waals surface area contributed by atoms with Crippen LogP contribution in [0.15, 0.2) is 53.5 Å². The fourth-order valence-electron chi connectivity index (χ4n) is 3.32. The van der Waals surface area contributed by atoms with Gasteiger partial charge in [-0.2, -0.15) is 0 Å². The molecule has 7 nitrogen and oxygen atoms in total. The minimum Gasteiger partial charge on any atom is -0.370 e. The number of benzene rings is 2. The van der Waals surface area contributed by atoms with E-state index in [1.807, 2.05) is 12.1 Å². The van der Waals surface area contributed by atoms with E-state index in [-0.39, 0.29) is 40.7 Å². The highest BCUT2D eigenvalue weighted by atomic mass is 127. The number of halogens is 1. The third-order valence-electron chi connectivity index (χ3n) is 4.74. The number of rotatable bonds is 4. The Morgan fingerprint density at radius 1 is 1.29 bits per heavy atom. The van der Waals surface area contributed by atoms with E-state index in [2.05, 4.69) is 34.3 Å². The maximum atomic E-state index is 11.2. The van der Waals surface area contributed by atoms with Gasteiger partial charge in [-0.05, 0) is 18.1 Å². The number of ether oxygens (including phenoxy) is 1. The lowest BCUT2D eigenvalue weighted by Gasteiger charge is -2.35. The Bertz CT molecular complexity index is 844. The highest BCUT2D eigenvalue weighted by Crippen LogP contribution is 2.25. The molecule has 0 spiro atoms. The van der Waals surface area contributed by atoms with Crippen molar-refractivity contribution in [3.8, 4) is 0 Å². The van der Waals surface area contributed by atoms with Crippen molar-refractivity contribution in [3.63, 3.8) is 0 Å². The first-order valence-electron chi connectivity index (χ1n) is 8.95. The summed E-state index contributed by atoms with van der Waals surface area (Å²) in [5, 5.41) is 14.4. The van der Waals surface area contributed by atoms with Gasteiger partial charge in [0, 0.05) is 31.8 Å². The Kier molecular flexibility index (Phi) is 8.18. The van der Waals surface area contributed by atoms with Gasteiger partial charge >= 0.3 is 0 Å². The molecule has 1 fully saturated rings. The molecule has 3 rings (SSSR count). The van der Waals surface area contributed by atoms with Crippen molar-refractivity contribution in [1.82, 2.24) is 10.2 Å². The summed E-state index contributed by atoms with van der Waals surface area (Å²) in [5.41, 5.74) is 3.12. The van der Waals surface area contributed by atoms with Crippen LogP contribution in [0.1, 0.15) is 22.8 Å². The van der Waals surface area contributed by atoms with Crippen LogP contribution in [0.5, 0.6) is 0 Å². The van der Waals surface area contributed by atoms with E-state index in [4.69, 9.17) is 4.74 Å². The summed E-state index contributed by atoms with van der Waals surface area (Å²) in [6.07, 6.45) is -0.0236. The number of nitrogens with zero attached hydrogens (tertiary/aromatic N) is 3. The topological polar surface area (TPSA) is 80.0 Å². The second kappa shape index (κ2) is 10.4. The average Bonchev–Trinajstić information content (AvgIpc) is 2.69. The van der Waals surface area contributed by atoms with Crippen molar-refractivity contribution in [2.75, 3.05) is 26.7 Å². The van der Waals surface area contributed by atoms with E-state index in [1.165, 1.54) is 17.2 Å². The monoisotopic (exact) mass is 496 g/mol. The summed E-state index contributed by atoms with van der Waals surface area (Å²) in [6.45, 7) is 4.43. The molecule has 0 amide bonds. The van der Waals surface area contributed by atoms with Gasteiger partial charge in [0.05, 0.1) is 18.1 Å². The summed E-state index contributed by atoms with van der Waals surface area (Å²) >= 11 is 0. The Morgan fingerprint density at radius 3 is 2.71 bits per heavy atom. The van der Waals surface area contributed by atoms with Crippen LogP contribution >= 0.6 is 24.0 Å². The largest absolute Gasteiger partial charge is 0.370 e. The molecule has 150 valence electrons. The molecule has 8 heteroatoms. The average molecular weight is 496 g/mol. The number of aliphatic imine (C=N–C) groups is 1. The maximum absolute atomic E-state index is 11.2. The quantitative estimate of drug-likeness (QED) is 0.230. The van der Waals surface area contributed by atoms with Gasteiger partial charge in [-0.15, -0.1) is 24.0 Å². The fourth-order valence-corrected chi connectivity index (χ4v) is 3.32. The van der Waals surface area contributed by atoms with Crippen LogP contribution in [-0.2, 0) is 11.3 Å². The number of nitro groups is 1. The SMILES string of the molecule is CN=C(NCc1ccccc1[N+](=O)[O-])N1CCOC(c2ccccc2C)C1.I. The molecule has 1 saturated heterocycles. The number of aryl methyl sites for hydroxylation is 1. The van der Waals surface area contributed by atoms with Crippen molar-refractivity contribution in [2.45, 2.75) is 19.6 Å². The van der Waals surface area contributed by atoms with E-state index < -0.39 is 0 Å². The summed E-state index contributed by atoms with van der Waals surface area (Å²) in [4.78, 5) is 17.3. The first-order chi connectivity index (χ1) is 13.1. The van der Waals surface area contributed by atoms with E-state index in [0.29, 0.717) is 25.3 Å². The summed E-state index contributed by atoms with van der Waals surface area (Å²) in [7, 11) is 1.72. The summed E-state index contributed by atoms with van der Waals surface area (Å²) in [6, 6.07) is 15.0. The zero-order valence-corrected chi connectivity index (χ0v) is 18.3. The van der Waals surface area contributed by atoms with Gasteiger partial charge in [0.15, 0.2) is 5.96 Å². The van der Waals surface area contributed by atoms with Gasteiger partial charge in [0.2, 0.25) is 0 Å². The number of morpholine rings is 1. The van der Waals surface area contributed by atoms with Crippen LogP contribution in [0, 0.1) is 17.0 Å². The van der Waals surface area contributed by atoms with Crippen LogP contribution in [-0.4, -0.2) is 42.5 Å². The van der Waals surface area contributed by atoms with Crippen LogP contribution in [0.4, 0.5) is 5.69 Å². The normalized spacial score (nSPS) is 17.0. The van der Waals surface area contributed by atoms with E-state index in [0.717, 1.165) is 12.5 Å². The molecule has 1 N–H and O–H groups in total. The van der Waals surface area contributed by atoms with E-state index in [9.17, 15) is 10.1 Å². The predicted octanol–water partition coefficient (Wildman–Crippen LogP) is 3.67. The molecule has 0 saturated carbocycles. The lowest BCUT2D eigenvalue weighted by molar-refractivity contribution is -0.385. The van der Waals surface area contributed by atoms with Gasteiger partial charge < -0.3 is 15.0 Å². The molecule has 1 atom stereocenters. The Balaban J connectivity index is 0.00000280. The Morgan fingerprint density at radius 2 is 2.00 bits per heavy atom. The first kappa shape index (κ1) is 22.1. The molecule has 2 aromatic rings. The highest BCUT2D eigenvalue weighted by Gasteiger charge is 2.25. The van der Waals surface area contributed by atoms with Gasteiger partial charge in [-0.1, -0.05) is 42.5 Å². The van der Waals surface area contributed by atoms with Crippen LogP contribution in [0.2, 0.25) is 0 Å². The van der Waals surface area contributed by atoms with Gasteiger partial charge in [0.1, 0.15) is 6.10 Å². The number of nitrogens with one attached hydrogen (secondary N) is 1. The second-order valence-electron chi connectivity index (χ2n) is 6.45. The zero-order valence-electron chi connectivity index (χ0n) is 16.0. The second-order valence-corrected chi connectivity index (χ2v) is 6.45. The number of nitro benzene ring substituents is 1. The lowest BCUT2D eigenvalue weighted by atomic mass is 10.0. The zero-order chi connectivity index (χ0) is 19.2. The van der Waals surface area contributed by atoms with Gasteiger partial charge in [-0.25, -0.2) is 0 Å². The molecule has 2 aromatic carbocycles. The lowest BCUT2D eigenvalue weighted by Crippen LogP contribution is -2.48. The summed E-state index contributed by atoms with van der Waals surface area (Å²) in [5.74, 6) is 0.718. The van der Waals surface area contributed by atoms with E-state index in [1.54, 1.807) is 25.2 Å². The van der Waals surface area contributed by atoms with Crippen LogP contribution in [0.25, 0.3) is 0 Å². The standard InChI is InChI=1S/C20H24N4O3.HI/c1-15-7-3-5-9-17(15)19-14-23(11-12-27-19)20(21-2)22-13-16-8-4-6-10-18(16)24(25)26;/h3-10,19H,11-14H2,1-2H3,(H,21,22);1H. The predicted molar refractivity (Wildman–Crippen MR) is 120 cm³/mol. The van der Waals surface area contributed by atoms with Crippen molar-refractivity contribution in [3.05, 3.63) is 75.3 Å². The molecule has 0 bridgehead atoms. The van der Waals surface area contributed by atoms with Gasteiger partial charge in [-0.3, -0.25) is 15.1 Å². The third kappa shape index (κ3) is 5.20. The number of para-hydroxylation sites is 1. The highest BCUT2D eigenvalue weighted by molar-refractivity contribution is 14.0. The molecule has 28 heavy (non-hydrogen) atoms. The molecule has 1 aliphatic rings. The maximum Gasteiger partial charge on any atom is 0.274 e. The van der Waals surface area contributed by atoms with Crippen molar-refractivity contribution in [1.29, 1.82) is 0 Å². The van der Waals surface area contributed by atoms with Crippen molar-refractivity contribution >= 4 is 35.6 Å². The fraction of sp³-hybridized carbons (Fsp3) is 0.350. The van der Waals surface area contributed by atoms with Crippen LogP contribution < -0.4 is 5.32 Å². The number of hydrogen-bond acceptors (Lipinski definition) is 4. The molecular formula is C20H25IN4O3. The smallest absolute Gasteiger partial charge is 0.274 e. The molecule has 1 unspecified atom stereocenters. The molecular weight excluding hydrogens is 471 g/mol.